The van der Waals surface area contributed by atoms with Gasteiger partial charge >= 0.3 is 0 Å². The van der Waals surface area contributed by atoms with Crippen LogP contribution in [-0.4, -0.2) is 50.3 Å². The van der Waals surface area contributed by atoms with Crippen LogP contribution in [0.4, 0.5) is 10.1 Å². The lowest BCUT2D eigenvalue weighted by molar-refractivity contribution is -0.0435. The second-order valence-electron chi connectivity index (χ2n) is 9.76. The van der Waals surface area contributed by atoms with Crippen molar-refractivity contribution in [3.05, 3.63) is 69.9 Å². The van der Waals surface area contributed by atoms with E-state index in [-0.39, 0.29) is 29.5 Å². The molecule has 0 saturated carbocycles. The van der Waals surface area contributed by atoms with Crippen LogP contribution in [0.25, 0.3) is 11.0 Å². The van der Waals surface area contributed by atoms with Crippen LogP contribution in [0.1, 0.15) is 45.0 Å². The van der Waals surface area contributed by atoms with E-state index in [4.69, 9.17) is 0 Å². The SMILES string of the molecule is C[C@@H]1CN(c2cc(=O)n(C)c3ccc(C#N)nc23)[C@@H](C)CN1C(c1ccc(F)cc1)C(C)(C)O. The minimum absolute atomic E-state index is 0.00986. The Kier molecular flexibility index (Phi) is 6.19. The van der Waals surface area contributed by atoms with Gasteiger partial charge in [0.15, 0.2) is 0 Å². The summed E-state index contributed by atoms with van der Waals surface area (Å²) >= 11 is 0. The number of nitriles is 1. The number of aryl methyl sites for hydroxylation is 1. The quantitative estimate of drug-likeness (QED) is 0.639. The van der Waals surface area contributed by atoms with Crippen LogP contribution in [0.3, 0.4) is 0 Å². The average molecular weight is 464 g/mol. The summed E-state index contributed by atoms with van der Waals surface area (Å²) in [5.74, 6) is -0.314. The second kappa shape index (κ2) is 8.82. The van der Waals surface area contributed by atoms with E-state index < -0.39 is 5.60 Å². The van der Waals surface area contributed by atoms with E-state index in [2.05, 4.69) is 34.7 Å². The van der Waals surface area contributed by atoms with Gasteiger partial charge in [0.2, 0.25) is 0 Å². The van der Waals surface area contributed by atoms with Crippen molar-refractivity contribution in [2.75, 3.05) is 18.0 Å². The summed E-state index contributed by atoms with van der Waals surface area (Å²) in [6.45, 7) is 8.90. The van der Waals surface area contributed by atoms with Crippen LogP contribution >= 0.6 is 0 Å². The van der Waals surface area contributed by atoms with Crippen LogP contribution in [0.2, 0.25) is 0 Å². The van der Waals surface area contributed by atoms with Gasteiger partial charge in [-0.1, -0.05) is 12.1 Å². The molecule has 1 fully saturated rings. The summed E-state index contributed by atoms with van der Waals surface area (Å²) < 4.78 is 15.1. The third-order valence-electron chi connectivity index (χ3n) is 6.71. The monoisotopic (exact) mass is 463 g/mol. The van der Waals surface area contributed by atoms with Gasteiger partial charge in [0.1, 0.15) is 23.1 Å². The van der Waals surface area contributed by atoms with Gasteiger partial charge in [0.25, 0.3) is 5.56 Å². The van der Waals surface area contributed by atoms with Crippen molar-refractivity contribution >= 4 is 16.7 Å². The Morgan fingerprint density at radius 2 is 1.82 bits per heavy atom. The molecule has 0 bridgehead atoms. The fraction of sp³-hybridized carbons (Fsp3) is 0.423. The molecule has 1 aliphatic heterocycles. The number of aromatic nitrogens is 2. The number of hydrogen-bond donors (Lipinski definition) is 1. The molecule has 1 aromatic carbocycles. The molecular weight excluding hydrogens is 433 g/mol. The second-order valence-corrected chi connectivity index (χ2v) is 9.76. The lowest BCUT2D eigenvalue weighted by Gasteiger charge is -2.51. The average Bonchev–Trinajstić information content (AvgIpc) is 2.78. The Balaban J connectivity index is 1.74. The van der Waals surface area contributed by atoms with E-state index in [0.29, 0.717) is 35.5 Å². The molecule has 1 unspecified atom stereocenters. The molecule has 0 aliphatic carbocycles. The van der Waals surface area contributed by atoms with Crippen molar-refractivity contribution in [1.82, 2.24) is 14.5 Å². The van der Waals surface area contributed by atoms with E-state index >= 15 is 0 Å². The lowest BCUT2D eigenvalue weighted by atomic mass is 9.88. The fourth-order valence-corrected chi connectivity index (χ4v) is 5.09. The van der Waals surface area contributed by atoms with Crippen molar-refractivity contribution in [1.29, 1.82) is 5.26 Å². The topological polar surface area (TPSA) is 85.4 Å². The summed E-state index contributed by atoms with van der Waals surface area (Å²) in [6, 6.07) is 13.0. The van der Waals surface area contributed by atoms with E-state index in [1.54, 1.807) is 51.2 Å². The predicted octanol–water partition coefficient (Wildman–Crippen LogP) is 3.36. The molecule has 8 heteroatoms. The smallest absolute Gasteiger partial charge is 0.252 e. The minimum atomic E-state index is -1.06. The molecule has 1 aliphatic rings. The van der Waals surface area contributed by atoms with E-state index in [1.165, 1.54) is 16.7 Å². The minimum Gasteiger partial charge on any atom is -0.388 e. The molecule has 1 N–H and O–H groups in total. The molecule has 7 nitrogen and oxygen atoms in total. The Labute approximate surface area is 198 Å². The number of anilines is 1. The number of rotatable bonds is 4. The van der Waals surface area contributed by atoms with Crippen molar-refractivity contribution < 1.29 is 9.50 Å². The normalized spacial score (nSPS) is 20.4. The highest BCUT2D eigenvalue weighted by atomic mass is 19.1. The summed E-state index contributed by atoms with van der Waals surface area (Å²) in [5, 5.41) is 20.4. The van der Waals surface area contributed by atoms with Gasteiger partial charge in [0, 0.05) is 38.3 Å². The molecule has 3 aromatic rings. The van der Waals surface area contributed by atoms with Crippen LogP contribution in [0.5, 0.6) is 0 Å². The van der Waals surface area contributed by atoms with Crippen molar-refractivity contribution in [2.24, 2.45) is 7.05 Å². The summed E-state index contributed by atoms with van der Waals surface area (Å²) in [7, 11) is 1.70. The van der Waals surface area contributed by atoms with Gasteiger partial charge in [0.05, 0.1) is 22.8 Å². The number of piperazine rings is 1. The van der Waals surface area contributed by atoms with Crippen molar-refractivity contribution in [2.45, 2.75) is 51.4 Å². The van der Waals surface area contributed by atoms with Gasteiger partial charge in [-0.05, 0) is 57.5 Å². The molecule has 178 valence electrons. The van der Waals surface area contributed by atoms with Gasteiger partial charge in [-0.25, -0.2) is 9.37 Å². The molecule has 4 rings (SSSR count). The molecule has 0 spiro atoms. The van der Waals surface area contributed by atoms with Crippen LogP contribution in [0.15, 0.2) is 47.3 Å². The molecule has 34 heavy (non-hydrogen) atoms. The maximum absolute atomic E-state index is 13.6. The molecule has 3 heterocycles. The van der Waals surface area contributed by atoms with Crippen molar-refractivity contribution in [3.63, 3.8) is 0 Å². The first-order valence-electron chi connectivity index (χ1n) is 11.4. The van der Waals surface area contributed by atoms with E-state index in [1.807, 2.05) is 0 Å². The fourth-order valence-electron chi connectivity index (χ4n) is 5.09. The van der Waals surface area contributed by atoms with Crippen LogP contribution in [-0.2, 0) is 7.05 Å². The first kappa shape index (κ1) is 23.9. The predicted molar refractivity (Wildman–Crippen MR) is 130 cm³/mol. The van der Waals surface area contributed by atoms with Crippen LogP contribution < -0.4 is 10.5 Å². The zero-order valence-corrected chi connectivity index (χ0v) is 20.2. The van der Waals surface area contributed by atoms with Gasteiger partial charge in [-0.15, -0.1) is 0 Å². The number of halogens is 1. The zero-order chi connectivity index (χ0) is 24.8. The highest BCUT2D eigenvalue weighted by Gasteiger charge is 2.41. The van der Waals surface area contributed by atoms with E-state index in [0.717, 1.165) is 5.56 Å². The number of fused-ring (bicyclic) bond motifs is 1. The summed E-state index contributed by atoms with van der Waals surface area (Å²) in [6.07, 6.45) is 0. The molecular formula is C26H30FN5O2. The lowest BCUT2D eigenvalue weighted by Crippen LogP contribution is -2.60. The molecule has 1 saturated heterocycles. The number of aliphatic hydroxyl groups is 1. The highest BCUT2D eigenvalue weighted by molar-refractivity contribution is 5.89. The third-order valence-corrected chi connectivity index (χ3v) is 6.71. The Bertz CT molecular complexity index is 1310. The molecule has 3 atom stereocenters. The number of hydrogen-bond acceptors (Lipinski definition) is 6. The van der Waals surface area contributed by atoms with Crippen LogP contribution in [0, 0.1) is 17.1 Å². The first-order chi connectivity index (χ1) is 16.0. The Morgan fingerprint density at radius 1 is 1.15 bits per heavy atom. The Hall–Kier alpha value is -3.28. The van der Waals surface area contributed by atoms with E-state index in [9.17, 15) is 19.6 Å². The first-order valence-corrected chi connectivity index (χ1v) is 11.4. The number of benzene rings is 1. The van der Waals surface area contributed by atoms with Gasteiger partial charge in [-0.3, -0.25) is 9.69 Å². The summed E-state index contributed by atoms with van der Waals surface area (Å²) in [4.78, 5) is 21.7. The zero-order valence-electron chi connectivity index (χ0n) is 20.2. The maximum Gasteiger partial charge on any atom is 0.252 e. The number of pyridine rings is 2. The Morgan fingerprint density at radius 3 is 2.44 bits per heavy atom. The maximum atomic E-state index is 13.6. The highest BCUT2D eigenvalue weighted by Crippen LogP contribution is 2.37. The summed E-state index contributed by atoms with van der Waals surface area (Å²) in [5.41, 5.74) is 1.93. The molecule has 2 aromatic heterocycles. The number of nitrogens with zero attached hydrogens (tertiary/aromatic N) is 5. The standard InChI is InChI=1S/C26H30FN5O2/c1-16-15-32(25(26(3,4)34)18-6-8-19(27)9-7-18)17(2)14-31(16)22-12-23(33)30(5)21-11-10-20(13-28)29-24(21)22/h6-12,16-17,25,34H,14-15H2,1-5H3/t16-,17+,25?/m0/s1. The molecule has 0 amide bonds. The van der Waals surface area contributed by atoms with Gasteiger partial charge < -0.3 is 14.6 Å². The van der Waals surface area contributed by atoms with Crippen molar-refractivity contribution in [3.8, 4) is 6.07 Å². The third kappa shape index (κ3) is 4.29. The largest absolute Gasteiger partial charge is 0.388 e. The van der Waals surface area contributed by atoms with Gasteiger partial charge in [-0.2, -0.15) is 5.26 Å². The molecule has 0 radical (unpaired) electrons.